The van der Waals surface area contributed by atoms with Crippen LogP contribution >= 0.6 is 0 Å². The Morgan fingerprint density at radius 3 is 2.36 bits per heavy atom. The van der Waals surface area contributed by atoms with Crippen molar-refractivity contribution in [2.45, 2.75) is 96.5 Å². The maximum absolute atomic E-state index is 11.2. The topological polar surface area (TPSA) is 83.8 Å². The monoisotopic (exact) mass is 356 g/mol. The summed E-state index contributed by atoms with van der Waals surface area (Å²) >= 11 is 0. The van der Waals surface area contributed by atoms with E-state index in [-0.39, 0.29) is 6.10 Å². The molecule has 0 aliphatic heterocycles. The van der Waals surface area contributed by atoms with E-state index in [1.54, 1.807) is 0 Å². The van der Waals surface area contributed by atoms with Crippen LogP contribution in [-0.4, -0.2) is 34.9 Å². The lowest BCUT2D eigenvalue weighted by molar-refractivity contribution is -0.155. The zero-order chi connectivity index (χ0) is 18.8. The number of hydrogen-bond donors (Lipinski definition) is 2. The molecule has 0 heterocycles. The highest BCUT2D eigenvalue weighted by Crippen LogP contribution is 2.10. The summed E-state index contributed by atoms with van der Waals surface area (Å²) < 4.78 is 4.56. The van der Waals surface area contributed by atoms with Crippen LogP contribution in [0.4, 0.5) is 0 Å². The molecule has 25 heavy (non-hydrogen) atoms. The van der Waals surface area contributed by atoms with E-state index >= 15 is 0 Å². The summed E-state index contributed by atoms with van der Waals surface area (Å²) in [6.45, 7) is 1.65. The average molecular weight is 357 g/mol. The summed E-state index contributed by atoms with van der Waals surface area (Å²) in [5.74, 6) is -1.55. The summed E-state index contributed by atoms with van der Waals surface area (Å²) in [6, 6.07) is 0. The lowest BCUT2D eigenvalue weighted by Crippen LogP contribution is -2.12. The van der Waals surface area contributed by atoms with Crippen molar-refractivity contribution in [2.75, 3.05) is 6.61 Å². The van der Waals surface area contributed by atoms with E-state index in [1.165, 1.54) is 19.3 Å². The normalized spacial score (nSPS) is 12.4. The first kappa shape index (κ1) is 23.6. The third kappa shape index (κ3) is 18.8. The van der Waals surface area contributed by atoms with E-state index in [1.807, 2.05) is 0 Å². The molecule has 2 N–H and O–H groups in total. The molecule has 0 aromatic heterocycles. The van der Waals surface area contributed by atoms with E-state index in [0.29, 0.717) is 6.42 Å². The van der Waals surface area contributed by atoms with Crippen LogP contribution in [0.5, 0.6) is 0 Å². The van der Waals surface area contributed by atoms with Gasteiger partial charge in [-0.3, -0.25) is 4.79 Å². The van der Waals surface area contributed by atoms with E-state index in [9.17, 15) is 14.7 Å². The minimum atomic E-state index is -1.12. The van der Waals surface area contributed by atoms with Crippen LogP contribution in [0.15, 0.2) is 12.2 Å². The van der Waals surface area contributed by atoms with Crippen LogP contribution in [0.25, 0.3) is 0 Å². The molecule has 0 aliphatic rings. The number of carboxylic acids is 1. The van der Waals surface area contributed by atoms with Gasteiger partial charge >= 0.3 is 11.9 Å². The number of esters is 1. The van der Waals surface area contributed by atoms with Gasteiger partial charge < -0.3 is 14.9 Å². The predicted octanol–water partition coefficient (Wildman–Crippen LogP) is 4.62. The molecule has 0 radical (unpaired) electrons. The van der Waals surface area contributed by atoms with Crippen molar-refractivity contribution in [1.29, 1.82) is 0 Å². The van der Waals surface area contributed by atoms with Crippen molar-refractivity contribution < 1.29 is 24.5 Å². The van der Waals surface area contributed by atoms with E-state index in [0.717, 1.165) is 57.8 Å². The minimum Gasteiger partial charge on any atom is -0.479 e. The van der Waals surface area contributed by atoms with Gasteiger partial charge in [0.1, 0.15) is 0 Å². The minimum absolute atomic E-state index is 0.200. The first-order valence-electron chi connectivity index (χ1n) is 9.76. The Morgan fingerprint density at radius 2 is 1.64 bits per heavy atom. The lowest BCUT2D eigenvalue weighted by Gasteiger charge is -2.07. The molecule has 0 amide bonds. The van der Waals surface area contributed by atoms with Crippen molar-refractivity contribution in [2.24, 2.45) is 0 Å². The molecule has 0 fully saturated rings. The van der Waals surface area contributed by atoms with Gasteiger partial charge in [-0.1, -0.05) is 64.0 Å². The van der Waals surface area contributed by atoms with E-state index in [2.05, 4.69) is 23.8 Å². The number of carboxylic acid groups (broad SMARTS) is 1. The van der Waals surface area contributed by atoms with Crippen molar-refractivity contribution in [3.05, 3.63) is 12.2 Å². The molecule has 0 aliphatic carbocycles. The highest BCUT2D eigenvalue weighted by molar-refractivity contribution is 5.75. The lowest BCUT2D eigenvalue weighted by atomic mass is 10.1. The van der Waals surface area contributed by atoms with Gasteiger partial charge in [0, 0.05) is 6.42 Å². The van der Waals surface area contributed by atoms with Crippen molar-refractivity contribution in [3.8, 4) is 0 Å². The number of ether oxygens (including phenoxy) is 1. The van der Waals surface area contributed by atoms with E-state index in [4.69, 9.17) is 5.11 Å². The number of aliphatic carboxylic acids is 1. The van der Waals surface area contributed by atoms with Gasteiger partial charge in [-0.25, -0.2) is 4.79 Å². The number of carbonyl (C=O) groups is 2. The fourth-order valence-corrected chi connectivity index (χ4v) is 2.57. The Bertz CT molecular complexity index is 365. The van der Waals surface area contributed by atoms with Gasteiger partial charge in [-0.2, -0.15) is 0 Å². The van der Waals surface area contributed by atoms with Crippen molar-refractivity contribution >= 4 is 11.9 Å². The molecule has 0 unspecified atom stereocenters. The first-order chi connectivity index (χ1) is 12.1. The van der Waals surface area contributed by atoms with Gasteiger partial charge in [0.15, 0.2) is 6.61 Å². The highest BCUT2D eigenvalue weighted by atomic mass is 16.5. The zero-order valence-corrected chi connectivity index (χ0v) is 15.8. The molecule has 0 aromatic carbocycles. The molecule has 0 rings (SSSR count). The summed E-state index contributed by atoms with van der Waals surface area (Å²) in [4.78, 5) is 21.4. The summed E-state index contributed by atoms with van der Waals surface area (Å²) in [5, 5.41) is 18.2. The van der Waals surface area contributed by atoms with Gasteiger partial charge in [0.25, 0.3) is 0 Å². The summed E-state index contributed by atoms with van der Waals surface area (Å²) in [6.07, 6.45) is 16.9. The Morgan fingerprint density at radius 1 is 0.960 bits per heavy atom. The second-order valence-corrected chi connectivity index (χ2v) is 6.57. The number of unbranched alkanes of at least 4 members (excludes halogenated alkanes) is 8. The van der Waals surface area contributed by atoms with Gasteiger partial charge in [-0.05, 0) is 32.1 Å². The van der Waals surface area contributed by atoms with Crippen LogP contribution in [0.1, 0.15) is 90.4 Å². The zero-order valence-electron chi connectivity index (χ0n) is 15.8. The Balaban J connectivity index is 3.34. The third-order valence-corrected chi connectivity index (χ3v) is 4.07. The molecule has 0 saturated carbocycles. The van der Waals surface area contributed by atoms with Crippen molar-refractivity contribution in [3.63, 3.8) is 0 Å². The average Bonchev–Trinajstić information content (AvgIpc) is 2.58. The number of carbonyl (C=O) groups excluding carboxylic acids is 1. The second kappa shape index (κ2) is 17.5. The van der Waals surface area contributed by atoms with Gasteiger partial charge in [0.2, 0.25) is 0 Å². The van der Waals surface area contributed by atoms with Crippen molar-refractivity contribution in [1.82, 2.24) is 0 Å². The standard InChI is InChI=1S/C20H36O5/c1-2-3-4-11-14-18(21)15-12-9-7-5-6-8-10-13-16-20(24)25-17-19(22)23/h9,12,18,21H,2-8,10-11,13-17H2,1H3,(H,22,23)/b12-9-/t18-/m1/s1. The first-order valence-corrected chi connectivity index (χ1v) is 9.76. The number of aliphatic hydroxyl groups excluding tert-OH is 1. The Kier molecular flexibility index (Phi) is 16.5. The third-order valence-electron chi connectivity index (χ3n) is 4.07. The largest absolute Gasteiger partial charge is 0.479 e. The Labute approximate surface area is 152 Å². The molecule has 0 spiro atoms. The SMILES string of the molecule is CCCCCC[C@@H](O)C/C=C\CCCCCCCC(=O)OCC(=O)O. The molecule has 5 heteroatoms. The fraction of sp³-hybridized carbons (Fsp3) is 0.800. The molecule has 1 atom stereocenters. The van der Waals surface area contributed by atoms with Crippen LogP contribution < -0.4 is 0 Å². The summed E-state index contributed by atoms with van der Waals surface area (Å²) in [5.41, 5.74) is 0. The molecule has 0 aromatic rings. The molecule has 5 nitrogen and oxygen atoms in total. The quantitative estimate of drug-likeness (QED) is 0.226. The maximum atomic E-state index is 11.2. The predicted molar refractivity (Wildman–Crippen MR) is 99.4 cm³/mol. The highest BCUT2D eigenvalue weighted by Gasteiger charge is 2.05. The number of allylic oxidation sites excluding steroid dienone is 1. The van der Waals surface area contributed by atoms with E-state index < -0.39 is 18.5 Å². The van der Waals surface area contributed by atoms with Gasteiger partial charge in [0.05, 0.1) is 6.10 Å². The molecule has 146 valence electrons. The summed E-state index contributed by atoms with van der Waals surface area (Å²) in [7, 11) is 0. The molecular weight excluding hydrogens is 320 g/mol. The number of aliphatic hydroxyl groups is 1. The number of hydrogen-bond acceptors (Lipinski definition) is 4. The van der Waals surface area contributed by atoms with Crippen LogP contribution in [0, 0.1) is 0 Å². The fourth-order valence-electron chi connectivity index (χ4n) is 2.57. The Hall–Kier alpha value is -1.36. The molecule has 0 saturated heterocycles. The smallest absolute Gasteiger partial charge is 0.341 e. The van der Waals surface area contributed by atoms with Crippen LogP contribution in [-0.2, 0) is 14.3 Å². The van der Waals surface area contributed by atoms with Crippen LogP contribution in [0.2, 0.25) is 0 Å². The number of rotatable bonds is 17. The van der Waals surface area contributed by atoms with Crippen LogP contribution in [0.3, 0.4) is 0 Å². The molecular formula is C20H36O5. The maximum Gasteiger partial charge on any atom is 0.341 e. The van der Waals surface area contributed by atoms with Gasteiger partial charge in [-0.15, -0.1) is 0 Å². The molecule has 0 bridgehead atoms. The second-order valence-electron chi connectivity index (χ2n) is 6.57.